The predicted octanol–water partition coefficient (Wildman–Crippen LogP) is 1.99. The summed E-state index contributed by atoms with van der Waals surface area (Å²) < 4.78 is 60.8. The summed E-state index contributed by atoms with van der Waals surface area (Å²) in [5.41, 5.74) is 0.956. The summed E-state index contributed by atoms with van der Waals surface area (Å²) in [6.07, 6.45) is -5.70. The molecule has 1 rings (SSSR count). The zero-order valence-corrected chi connectivity index (χ0v) is 9.42. The molecule has 1 aromatic rings. The molecule has 8 heteroatoms. The van der Waals surface area contributed by atoms with Crippen molar-refractivity contribution in [3.63, 3.8) is 0 Å². The molecule has 0 aliphatic carbocycles. The van der Waals surface area contributed by atoms with Gasteiger partial charge in [-0.3, -0.25) is 9.35 Å². The second-order valence-electron chi connectivity index (χ2n) is 2.95. The molecule has 0 fully saturated rings. The normalized spacial score (nSPS) is 11.4. The summed E-state index contributed by atoms with van der Waals surface area (Å²) in [5, 5.41) is 0. The van der Waals surface area contributed by atoms with Crippen LogP contribution in [0.2, 0.25) is 0 Å². The van der Waals surface area contributed by atoms with Gasteiger partial charge in [-0.25, -0.2) is 0 Å². The lowest BCUT2D eigenvalue weighted by Gasteiger charge is -1.95. The minimum atomic E-state index is -4.64. The van der Waals surface area contributed by atoms with Gasteiger partial charge in [-0.05, 0) is 19.1 Å². The second-order valence-corrected chi connectivity index (χ2v) is 4.37. The van der Waals surface area contributed by atoms with Crippen molar-refractivity contribution in [1.82, 2.24) is 0 Å². The Bertz CT molecular complexity index is 462. The van der Waals surface area contributed by atoms with E-state index in [0.717, 1.165) is 5.56 Å². The molecule has 1 N–H and O–H groups in total. The van der Waals surface area contributed by atoms with Crippen LogP contribution in [-0.2, 0) is 14.9 Å². The van der Waals surface area contributed by atoms with Gasteiger partial charge in [-0.15, -0.1) is 0 Å². The number of aryl methyl sites for hydroxylation is 1. The monoisotopic (exact) mass is 270 g/mol. The number of rotatable bonds is 1. The summed E-state index contributed by atoms with van der Waals surface area (Å²) in [7, 11) is -4.02. The smallest absolute Gasteiger partial charge is 0.293 e. The molecule has 17 heavy (non-hydrogen) atoms. The third-order valence-electron chi connectivity index (χ3n) is 1.45. The molecular formula is C9H9F3O4S. The Kier molecular flexibility index (Phi) is 5.30. The average Bonchev–Trinajstić information content (AvgIpc) is 2.17. The highest BCUT2D eigenvalue weighted by Gasteiger charge is 2.24. The summed E-state index contributed by atoms with van der Waals surface area (Å²) in [4.78, 5) is 8.63. The van der Waals surface area contributed by atoms with Gasteiger partial charge in [-0.1, -0.05) is 17.7 Å². The minimum Gasteiger partial charge on any atom is -0.293 e. The van der Waals surface area contributed by atoms with Crippen molar-refractivity contribution in [3.05, 3.63) is 29.8 Å². The zero-order chi connectivity index (χ0) is 13.7. The Morgan fingerprint density at radius 3 is 1.76 bits per heavy atom. The topological polar surface area (TPSA) is 71.4 Å². The van der Waals surface area contributed by atoms with E-state index in [4.69, 9.17) is 9.35 Å². The lowest BCUT2D eigenvalue weighted by Crippen LogP contribution is -2.07. The number of carbonyl (C=O) groups is 1. The molecule has 0 saturated heterocycles. The lowest BCUT2D eigenvalue weighted by atomic mass is 10.2. The van der Waals surface area contributed by atoms with Gasteiger partial charge in [0.1, 0.15) is 0 Å². The maximum absolute atomic E-state index is 10.5. The van der Waals surface area contributed by atoms with Gasteiger partial charge in [0.05, 0.1) is 4.90 Å². The van der Waals surface area contributed by atoms with E-state index >= 15 is 0 Å². The molecule has 0 aliphatic heterocycles. The van der Waals surface area contributed by atoms with Crippen LogP contribution >= 0.6 is 0 Å². The molecule has 0 aromatic heterocycles. The zero-order valence-electron chi connectivity index (χ0n) is 8.60. The second kappa shape index (κ2) is 5.78. The Labute approximate surface area is 95.8 Å². The summed E-state index contributed by atoms with van der Waals surface area (Å²) in [6.45, 7) is 1.84. The number of hydrogen-bond donors (Lipinski definition) is 1. The van der Waals surface area contributed by atoms with Gasteiger partial charge < -0.3 is 0 Å². The van der Waals surface area contributed by atoms with E-state index in [1.165, 1.54) is 12.1 Å². The molecule has 0 spiro atoms. The van der Waals surface area contributed by atoms with Crippen molar-refractivity contribution in [2.45, 2.75) is 18.0 Å². The molecule has 0 saturated carbocycles. The molecular weight excluding hydrogens is 261 g/mol. The maximum Gasteiger partial charge on any atom is 0.446 e. The number of hydrogen-bond acceptors (Lipinski definition) is 3. The Morgan fingerprint density at radius 2 is 1.53 bits per heavy atom. The van der Waals surface area contributed by atoms with Crippen LogP contribution in [0.15, 0.2) is 29.2 Å². The molecule has 4 nitrogen and oxygen atoms in total. The van der Waals surface area contributed by atoms with E-state index in [0.29, 0.717) is 0 Å². The first kappa shape index (κ1) is 15.6. The fourth-order valence-corrected chi connectivity index (χ4v) is 1.19. The van der Waals surface area contributed by atoms with Crippen molar-refractivity contribution < 1.29 is 30.9 Å². The standard InChI is InChI=1S/C7H8O3S.C2HF3O/c1-6-2-4-7(5-3-6)11(8,9)10;3-2(4,5)1-6/h2-5H,1H3,(H,8,9,10);1H. The van der Waals surface area contributed by atoms with Crippen molar-refractivity contribution in [2.75, 3.05) is 0 Å². The Hall–Kier alpha value is -1.41. The summed E-state index contributed by atoms with van der Waals surface area (Å²) in [5.74, 6) is 0. The first-order valence-corrected chi connectivity index (χ1v) is 5.57. The lowest BCUT2D eigenvalue weighted by molar-refractivity contribution is -0.156. The van der Waals surface area contributed by atoms with Crippen molar-refractivity contribution in [3.8, 4) is 0 Å². The molecule has 1 aromatic carbocycles. The van der Waals surface area contributed by atoms with Crippen molar-refractivity contribution in [1.29, 1.82) is 0 Å². The number of alkyl halides is 3. The predicted molar refractivity (Wildman–Crippen MR) is 53.1 cm³/mol. The van der Waals surface area contributed by atoms with Crippen LogP contribution in [0.25, 0.3) is 0 Å². The Balaban J connectivity index is 0.000000366. The molecule has 0 amide bonds. The van der Waals surface area contributed by atoms with E-state index in [1.807, 2.05) is 6.92 Å². The summed E-state index contributed by atoms with van der Waals surface area (Å²) >= 11 is 0. The highest BCUT2D eigenvalue weighted by Crippen LogP contribution is 2.09. The van der Waals surface area contributed by atoms with Crippen LogP contribution in [0.4, 0.5) is 13.2 Å². The van der Waals surface area contributed by atoms with Crippen molar-refractivity contribution in [2.24, 2.45) is 0 Å². The van der Waals surface area contributed by atoms with Gasteiger partial charge in [0, 0.05) is 0 Å². The molecule has 0 heterocycles. The van der Waals surface area contributed by atoms with Gasteiger partial charge in [0.2, 0.25) is 6.29 Å². The first-order chi connectivity index (χ1) is 7.56. The third-order valence-corrected chi connectivity index (χ3v) is 2.32. The van der Waals surface area contributed by atoms with Gasteiger partial charge in [-0.2, -0.15) is 21.6 Å². The molecule has 96 valence electrons. The maximum atomic E-state index is 10.5. The fraction of sp³-hybridized carbons (Fsp3) is 0.222. The number of carbonyl (C=O) groups excluding carboxylic acids is 1. The largest absolute Gasteiger partial charge is 0.446 e. The summed E-state index contributed by atoms with van der Waals surface area (Å²) in [6, 6.07) is 5.99. The third kappa shape index (κ3) is 7.47. The first-order valence-electron chi connectivity index (χ1n) is 4.13. The van der Waals surface area contributed by atoms with E-state index in [2.05, 4.69) is 0 Å². The minimum absolute atomic E-state index is 0.0666. The van der Waals surface area contributed by atoms with E-state index in [1.54, 1.807) is 12.1 Å². The number of benzene rings is 1. The van der Waals surface area contributed by atoms with Crippen LogP contribution in [0.1, 0.15) is 5.56 Å². The SMILES string of the molecule is Cc1ccc(S(=O)(=O)O)cc1.O=CC(F)(F)F. The van der Waals surface area contributed by atoms with E-state index in [-0.39, 0.29) is 4.90 Å². The van der Waals surface area contributed by atoms with E-state index in [9.17, 15) is 21.6 Å². The van der Waals surface area contributed by atoms with Gasteiger partial charge in [0.25, 0.3) is 10.1 Å². The van der Waals surface area contributed by atoms with Gasteiger partial charge >= 0.3 is 6.18 Å². The van der Waals surface area contributed by atoms with Gasteiger partial charge in [0.15, 0.2) is 0 Å². The Morgan fingerprint density at radius 1 is 1.18 bits per heavy atom. The van der Waals surface area contributed by atoms with Crippen LogP contribution in [-0.4, -0.2) is 25.4 Å². The quantitative estimate of drug-likeness (QED) is 0.625. The molecule has 0 unspecified atom stereocenters. The highest BCUT2D eigenvalue weighted by molar-refractivity contribution is 7.85. The van der Waals surface area contributed by atoms with Crippen LogP contribution in [0.3, 0.4) is 0 Å². The highest BCUT2D eigenvalue weighted by atomic mass is 32.2. The average molecular weight is 270 g/mol. The van der Waals surface area contributed by atoms with Crippen LogP contribution < -0.4 is 0 Å². The molecule has 0 aliphatic rings. The van der Waals surface area contributed by atoms with Crippen LogP contribution in [0.5, 0.6) is 0 Å². The number of halogens is 3. The molecule has 0 bridgehead atoms. The fourth-order valence-electron chi connectivity index (χ4n) is 0.710. The number of aldehydes is 1. The van der Waals surface area contributed by atoms with E-state index < -0.39 is 22.6 Å². The van der Waals surface area contributed by atoms with Crippen molar-refractivity contribution >= 4 is 16.4 Å². The molecule has 0 radical (unpaired) electrons. The molecule has 0 atom stereocenters. The van der Waals surface area contributed by atoms with Crippen LogP contribution in [0, 0.1) is 6.92 Å².